The number of thioether (sulfide) groups is 1. The maximum absolute atomic E-state index is 3.48. The fraction of sp³-hybridized carbons (Fsp3) is 0.538. The summed E-state index contributed by atoms with van der Waals surface area (Å²) < 4.78 is 0. The van der Waals surface area contributed by atoms with Gasteiger partial charge in [0.2, 0.25) is 0 Å². The van der Waals surface area contributed by atoms with Gasteiger partial charge in [-0.05, 0) is 29.4 Å². The standard InChI is InChI=1S/C13H19NS/c1-13(2)9-14-8-12(13)10-4-6-11(15-3)7-5-10/h4-7,12,14H,8-9H2,1-3H3. The molecule has 1 aliphatic rings. The third-order valence-corrected chi connectivity index (χ3v) is 4.13. The van der Waals surface area contributed by atoms with Crippen molar-refractivity contribution < 1.29 is 0 Å². The lowest BCUT2D eigenvalue weighted by Gasteiger charge is -2.26. The molecular formula is C13H19NS. The maximum atomic E-state index is 3.48. The Balaban J connectivity index is 2.22. The number of hydrogen-bond acceptors (Lipinski definition) is 2. The van der Waals surface area contributed by atoms with Crippen molar-refractivity contribution in [1.29, 1.82) is 0 Å². The quantitative estimate of drug-likeness (QED) is 0.770. The van der Waals surface area contributed by atoms with Gasteiger partial charge in [-0.15, -0.1) is 11.8 Å². The molecule has 1 unspecified atom stereocenters. The van der Waals surface area contributed by atoms with Crippen molar-refractivity contribution in [3.63, 3.8) is 0 Å². The molecular weight excluding hydrogens is 202 g/mol. The van der Waals surface area contributed by atoms with E-state index >= 15 is 0 Å². The highest BCUT2D eigenvalue weighted by molar-refractivity contribution is 7.98. The summed E-state index contributed by atoms with van der Waals surface area (Å²) in [6, 6.07) is 9.03. The molecule has 2 rings (SSSR count). The fourth-order valence-electron chi connectivity index (χ4n) is 2.34. The van der Waals surface area contributed by atoms with Crippen LogP contribution in [0.4, 0.5) is 0 Å². The average molecular weight is 221 g/mol. The highest BCUT2D eigenvalue weighted by Crippen LogP contribution is 2.38. The molecule has 82 valence electrons. The van der Waals surface area contributed by atoms with Gasteiger partial charge in [-0.2, -0.15) is 0 Å². The van der Waals surface area contributed by atoms with Gasteiger partial charge in [-0.1, -0.05) is 26.0 Å². The molecule has 1 aromatic carbocycles. The first-order valence-electron chi connectivity index (χ1n) is 5.48. The van der Waals surface area contributed by atoms with Crippen molar-refractivity contribution in [3.8, 4) is 0 Å². The van der Waals surface area contributed by atoms with Gasteiger partial charge in [0, 0.05) is 23.9 Å². The molecule has 1 nitrogen and oxygen atoms in total. The zero-order valence-electron chi connectivity index (χ0n) is 9.71. The Morgan fingerprint density at radius 2 is 1.93 bits per heavy atom. The minimum absolute atomic E-state index is 0.390. The number of hydrogen-bond donors (Lipinski definition) is 1. The average Bonchev–Trinajstić information content (AvgIpc) is 2.58. The number of rotatable bonds is 2. The van der Waals surface area contributed by atoms with Crippen LogP contribution in [0.2, 0.25) is 0 Å². The molecule has 1 fully saturated rings. The topological polar surface area (TPSA) is 12.0 Å². The molecule has 2 heteroatoms. The molecule has 0 amide bonds. The van der Waals surface area contributed by atoms with Crippen LogP contribution in [0.25, 0.3) is 0 Å². The Bertz CT molecular complexity index is 329. The molecule has 0 radical (unpaired) electrons. The van der Waals surface area contributed by atoms with Crippen LogP contribution in [0.3, 0.4) is 0 Å². The van der Waals surface area contributed by atoms with Crippen molar-refractivity contribution in [2.24, 2.45) is 5.41 Å². The molecule has 1 aromatic rings. The van der Waals surface area contributed by atoms with E-state index in [4.69, 9.17) is 0 Å². The molecule has 0 spiro atoms. The van der Waals surface area contributed by atoms with Crippen molar-refractivity contribution in [3.05, 3.63) is 29.8 Å². The zero-order chi connectivity index (χ0) is 10.9. The molecule has 0 bridgehead atoms. The van der Waals surface area contributed by atoms with Crippen molar-refractivity contribution in [1.82, 2.24) is 5.32 Å². The molecule has 1 atom stereocenters. The van der Waals surface area contributed by atoms with Crippen LogP contribution in [0.1, 0.15) is 25.3 Å². The van der Waals surface area contributed by atoms with Gasteiger partial charge in [0.05, 0.1) is 0 Å². The largest absolute Gasteiger partial charge is 0.316 e. The third-order valence-electron chi connectivity index (χ3n) is 3.39. The second-order valence-corrected chi connectivity index (χ2v) is 5.82. The summed E-state index contributed by atoms with van der Waals surface area (Å²) >= 11 is 1.80. The van der Waals surface area contributed by atoms with Gasteiger partial charge in [0.15, 0.2) is 0 Å². The summed E-state index contributed by atoms with van der Waals surface area (Å²) in [7, 11) is 0. The van der Waals surface area contributed by atoms with Gasteiger partial charge in [0.25, 0.3) is 0 Å². The highest BCUT2D eigenvalue weighted by Gasteiger charge is 2.35. The van der Waals surface area contributed by atoms with Crippen molar-refractivity contribution >= 4 is 11.8 Å². The van der Waals surface area contributed by atoms with Crippen LogP contribution in [-0.2, 0) is 0 Å². The maximum Gasteiger partial charge on any atom is 0.00693 e. The monoisotopic (exact) mass is 221 g/mol. The van der Waals surface area contributed by atoms with Crippen LogP contribution in [0.15, 0.2) is 29.2 Å². The Hall–Kier alpha value is -0.470. The number of benzene rings is 1. The Morgan fingerprint density at radius 1 is 1.27 bits per heavy atom. The molecule has 0 aliphatic carbocycles. The van der Waals surface area contributed by atoms with E-state index in [1.807, 2.05) is 0 Å². The van der Waals surface area contributed by atoms with E-state index in [1.165, 1.54) is 10.5 Å². The van der Waals surface area contributed by atoms with Crippen LogP contribution in [0.5, 0.6) is 0 Å². The molecule has 1 N–H and O–H groups in total. The highest BCUT2D eigenvalue weighted by atomic mass is 32.2. The van der Waals surface area contributed by atoms with E-state index in [-0.39, 0.29) is 0 Å². The number of nitrogens with one attached hydrogen (secondary N) is 1. The van der Waals surface area contributed by atoms with Crippen LogP contribution in [-0.4, -0.2) is 19.3 Å². The zero-order valence-corrected chi connectivity index (χ0v) is 10.5. The van der Waals surface area contributed by atoms with Crippen LogP contribution < -0.4 is 5.32 Å². The second-order valence-electron chi connectivity index (χ2n) is 4.95. The predicted octanol–water partition coefficient (Wildman–Crippen LogP) is 3.12. The summed E-state index contributed by atoms with van der Waals surface area (Å²) in [5.41, 5.74) is 1.86. The smallest absolute Gasteiger partial charge is 0.00693 e. The Labute approximate surface area is 96.7 Å². The first-order valence-corrected chi connectivity index (χ1v) is 6.70. The van der Waals surface area contributed by atoms with Gasteiger partial charge >= 0.3 is 0 Å². The Morgan fingerprint density at radius 3 is 2.40 bits per heavy atom. The first kappa shape index (κ1) is 11.0. The summed E-state index contributed by atoms with van der Waals surface area (Å²) in [4.78, 5) is 1.35. The first-order chi connectivity index (χ1) is 7.13. The third kappa shape index (κ3) is 2.21. The van der Waals surface area contributed by atoms with Gasteiger partial charge in [0.1, 0.15) is 0 Å². The lowest BCUT2D eigenvalue weighted by molar-refractivity contribution is 0.363. The SMILES string of the molecule is CSc1ccc(C2CNCC2(C)C)cc1. The van der Waals surface area contributed by atoms with Gasteiger partial charge in [-0.3, -0.25) is 0 Å². The van der Waals surface area contributed by atoms with Crippen molar-refractivity contribution in [2.45, 2.75) is 24.7 Å². The summed E-state index contributed by atoms with van der Waals surface area (Å²) in [5.74, 6) is 0.661. The van der Waals surface area contributed by atoms with E-state index in [0.717, 1.165) is 13.1 Å². The molecule has 15 heavy (non-hydrogen) atoms. The van der Waals surface area contributed by atoms with Crippen LogP contribution >= 0.6 is 11.8 Å². The normalized spacial score (nSPS) is 24.3. The summed E-state index contributed by atoms with van der Waals surface area (Å²) in [6.45, 7) is 6.94. The Kier molecular flexibility index (Phi) is 3.08. The van der Waals surface area contributed by atoms with Crippen molar-refractivity contribution in [2.75, 3.05) is 19.3 Å². The molecule has 1 heterocycles. The van der Waals surface area contributed by atoms with Gasteiger partial charge < -0.3 is 5.32 Å². The molecule has 1 aliphatic heterocycles. The minimum Gasteiger partial charge on any atom is -0.316 e. The van der Waals surface area contributed by atoms with E-state index < -0.39 is 0 Å². The summed E-state index contributed by atoms with van der Waals surface area (Å²) in [5, 5.41) is 3.48. The lowest BCUT2D eigenvalue weighted by Crippen LogP contribution is -2.20. The molecule has 0 saturated carbocycles. The minimum atomic E-state index is 0.390. The lowest BCUT2D eigenvalue weighted by atomic mass is 9.78. The fourth-order valence-corrected chi connectivity index (χ4v) is 2.75. The van der Waals surface area contributed by atoms with Crippen LogP contribution in [0, 0.1) is 5.41 Å². The van der Waals surface area contributed by atoms with E-state index in [9.17, 15) is 0 Å². The molecule has 1 saturated heterocycles. The van der Waals surface area contributed by atoms with Gasteiger partial charge in [-0.25, -0.2) is 0 Å². The van der Waals surface area contributed by atoms with E-state index in [2.05, 4.69) is 49.7 Å². The predicted molar refractivity (Wildman–Crippen MR) is 67.6 cm³/mol. The second kappa shape index (κ2) is 4.18. The van der Waals surface area contributed by atoms with E-state index in [1.54, 1.807) is 11.8 Å². The van der Waals surface area contributed by atoms with E-state index in [0.29, 0.717) is 11.3 Å². The summed E-state index contributed by atoms with van der Waals surface area (Å²) in [6.07, 6.45) is 2.12. The molecule has 0 aromatic heterocycles.